The van der Waals surface area contributed by atoms with Crippen molar-refractivity contribution in [3.63, 3.8) is 0 Å². The molecule has 0 spiro atoms. The Morgan fingerprint density at radius 2 is 1.90 bits per heavy atom. The van der Waals surface area contributed by atoms with Crippen LogP contribution < -0.4 is 5.32 Å². The van der Waals surface area contributed by atoms with Crippen LogP contribution in [0.4, 0.5) is 5.69 Å². The number of amides is 1. The minimum absolute atomic E-state index is 0.173. The number of ether oxygens (including phenoxy) is 1. The van der Waals surface area contributed by atoms with E-state index < -0.39 is 5.97 Å². The molecule has 0 aliphatic heterocycles. The summed E-state index contributed by atoms with van der Waals surface area (Å²) in [4.78, 5) is 23.9. The highest BCUT2D eigenvalue weighted by Gasteiger charge is 2.13. The van der Waals surface area contributed by atoms with Crippen molar-refractivity contribution in [1.29, 1.82) is 0 Å². The molecule has 0 aliphatic carbocycles. The molecule has 31 heavy (non-hydrogen) atoms. The fourth-order valence-electron chi connectivity index (χ4n) is 2.61. The van der Waals surface area contributed by atoms with Gasteiger partial charge in [-0.15, -0.1) is 22.0 Å². The second kappa shape index (κ2) is 11.2. The molecule has 1 aromatic heterocycles. The first kappa shape index (κ1) is 23.2. The molecule has 0 saturated carbocycles. The Morgan fingerprint density at radius 1 is 1.13 bits per heavy atom. The first-order chi connectivity index (χ1) is 15.0. The zero-order valence-corrected chi connectivity index (χ0v) is 19.4. The fourth-order valence-corrected chi connectivity index (χ4v) is 4.43. The molecule has 162 valence electrons. The quantitative estimate of drug-likeness (QED) is 0.361. The predicted molar refractivity (Wildman–Crippen MR) is 125 cm³/mol. The zero-order valence-electron chi connectivity index (χ0n) is 17.0. The third-order valence-corrected chi connectivity index (χ3v) is 6.51. The number of rotatable bonds is 9. The van der Waals surface area contributed by atoms with Gasteiger partial charge in [-0.2, -0.15) is 0 Å². The maximum atomic E-state index is 12.3. The summed E-state index contributed by atoms with van der Waals surface area (Å²) in [5.74, 6) is 1.91. The fraction of sp³-hybridized carbons (Fsp3) is 0.238. The normalized spacial score (nSPS) is 10.7. The second-order valence-electron chi connectivity index (χ2n) is 6.49. The van der Waals surface area contributed by atoms with Gasteiger partial charge in [-0.3, -0.25) is 4.79 Å². The lowest BCUT2D eigenvalue weighted by Gasteiger charge is -2.07. The van der Waals surface area contributed by atoms with Crippen molar-refractivity contribution < 1.29 is 14.3 Å². The number of hydrogen-bond donors (Lipinski definition) is 1. The second-order valence-corrected chi connectivity index (χ2v) is 8.85. The van der Waals surface area contributed by atoms with Crippen molar-refractivity contribution in [3.8, 4) is 0 Å². The van der Waals surface area contributed by atoms with Crippen LogP contribution in [0.15, 0.2) is 53.7 Å². The molecule has 0 unspecified atom stereocenters. The molecule has 0 fully saturated rings. The van der Waals surface area contributed by atoms with Gasteiger partial charge >= 0.3 is 5.97 Å². The number of esters is 1. The van der Waals surface area contributed by atoms with Crippen LogP contribution in [0.25, 0.3) is 0 Å². The zero-order chi connectivity index (χ0) is 22.2. The van der Waals surface area contributed by atoms with Crippen LogP contribution >= 0.6 is 35.1 Å². The van der Waals surface area contributed by atoms with E-state index in [9.17, 15) is 9.59 Å². The van der Waals surface area contributed by atoms with E-state index >= 15 is 0 Å². The molecule has 1 heterocycles. The lowest BCUT2D eigenvalue weighted by atomic mass is 10.2. The summed E-state index contributed by atoms with van der Waals surface area (Å²) >= 11 is 8.95. The largest absolute Gasteiger partial charge is 0.465 e. The first-order valence-electron chi connectivity index (χ1n) is 9.27. The molecule has 10 heteroatoms. The first-order valence-corrected chi connectivity index (χ1v) is 11.8. The van der Waals surface area contributed by atoms with Gasteiger partial charge in [0.1, 0.15) is 5.82 Å². The molecule has 1 amide bonds. The van der Waals surface area contributed by atoms with Gasteiger partial charge in [0, 0.05) is 23.5 Å². The molecule has 0 aliphatic rings. The monoisotopic (exact) mass is 476 g/mol. The SMILES string of the molecule is COC(=O)c1cccc(NC(=O)CSc2nnc(CSCc3ccc(Cl)cc3)n2C)c1. The van der Waals surface area contributed by atoms with Gasteiger partial charge in [0.2, 0.25) is 5.91 Å². The molecule has 3 aromatic rings. The Balaban J connectivity index is 1.48. The van der Waals surface area contributed by atoms with E-state index in [1.165, 1.54) is 24.4 Å². The number of halogens is 1. The number of hydrogen-bond acceptors (Lipinski definition) is 7. The van der Waals surface area contributed by atoms with Gasteiger partial charge in [0.05, 0.1) is 24.2 Å². The number of thioether (sulfide) groups is 2. The van der Waals surface area contributed by atoms with Gasteiger partial charge in [-0.05, 0) is 35.9 Å². The Labute approximate surface area is 193 Å². The lowest BCUT2D eigenvalue weighted by Crippen LogP contribution is -2.15. The number of aromatic nitrogens is 3. The highest BCUT2D eigenvalue weighted by Crippen LogP contribution is 2.22. The van der Waals surface area contributed by atoms with E-state index in [4.69, 9.17) is 16.3 Å². The average Bonchev–Trinajstić information content (AvgIpc) is 3.12. The van der Waals surface area contributed by atoms with Gasteiger partial charge in [0.15, 0.2) is 5.16 Å². The van der Waals surface area contributed by atoms with E-state index in [1.807, 2.05) is 35.9 Å². The van der Waals surface area contributed by atoms with E-state index in [0.717, 1.165) is 16.6 Å². The summed E-state index contributed by atoms with van der Waals surface area (Å²) in [6.07, 6.45) is 0. The smallest absolute Gasteiger partial charge is 0.337 e. The van der Waals surface area contributed by atoms with Crippen LogP contribution in [0.5, 0.6) is 0 Å². The van der Waals surface area contributed by atoms with Crippen LogP contribution in [-0.4, -0.2) is 39.5 Å². The maximum Gasteiger partial charge on any atom is 0.337 e. The lowest BCUT2D eigenvalue weighted by molar-refractivity contribution is -0.113. The standard InChI is InChI=1S/C21H21ClN4O3S2/c1-26-18(12-30-11-14-6-8-16(22)9-7-14)24-25-21(26)31-13-19(27)23-17-5-3-4-15(10-17)20(28)29-2/h3-10H,11-13H2,1-2H3,(H,23,27). The molecule has 0 atom stereocenters. The summed E-state index contributed by atoms with van der Waals surface area (Å²) in [6, 6.07) is 14.4. The van der Waals surface area contributed by atoms with Crippen molar-refractivity contribution in [3.05, 3.63) is 70.5 Å². The molecule has 0 radical (unpaired) electrons. The molecule has 0 bridgehead atoms. The number of nitrogens with one attached hydrogen (secondary N) is 1. The van der Waals surface area contributed by atoms with Crippen molar-refractivity contribution in [1.82, 2.24) is 14.8 Å². The van der Waals surface area contributed by atoms with Gasteiger partial charge < -0.3 is 14.6 Å². The Hall–Kier alpha value is -2.49. The topological polar surface area (TPSA) is 86.1 Å². The number of nitrogens with zero attached hydrogens (tertiary/aromatic N) is 3. The van der Waals surface area contributed by atoms with Gasteiger partial charge in [0.25, 0.3) is 0 Å². The maximum absolute atomic E-state index is 12.3. The summed E-state index contributed by atoms with van der Waals surface area (Å²) in [5, 5.41) is 12.6. The minimum atomic E-state index is -0.453. The van der Waals surface area contributed by atoms with Crippen LogP contribution in [0.2, 0.25) is 5.02 Å². The van der Waals surface area contributed by atoms with Crippen LogP contribution in [0.3, 0.4) is 0 Å². The number of anilines is 1. The van der Waals surface area contributed by atoms with Gasteiger partial charge in [-0.25, -0.2) is 4.79 Å². The Morgan fingerprint density at radius 3 is 2.65 bits per heavy atom. The van der Waals surface area contributed by atoms with E-state index in [0.29, 0.717) is 22.2 Å². The molecular formula is C21H21ClN4O3S2. The van der Waals surface area contributed by atoms with Crippen LogP contribution in [0.1, 0.15) is 21.7 Å². The average molecular weight is 477 g/mol. The van der Waals surface area contributed by atoms with Crippen molar-refractivity contribution in [2.24, 2.45) is 7.05 Å². The van der Waals surface area contributed by atoms with Gasteiger partial charge in [-0.1, -0.05) is 41.6 Å². The van der Waals surface area contributed by atoms with Crippen LogP contribution in [-0.2, 0) is 28.1 Å². The van der Waals surface area contributed by atoms with Crippen LogP contribution in [0, 0.1) is 0 Å². The van der Waals surface area contributed by atoms with E-state index in [2.05, 4.69) is 15.5 Å². The van der Waals surface area contributed by atoms with E-state index in [1.54, 1.807) is 36.0 Å². The number of benzene rings is 2. The summed E-state index contributed by atoms with van der Waals surface area (Å²) < 4.78 is 6.59. The molecule has 0 saturated heterocycles. The Kier molecular flexibility index (Phi) is 8.39. The third kappa shape index (κ3) is 6.75. The highest BCUT2D eigenvalue weighted by atomic mass is 35.5. The predicted octanol–water partition coefficient (Wildman–Crippen LogP) is 4.42. The summed E-state index contributed by atoms with van der Waals surface area (Å²) in [6.45, 7) is 0. The summed E-state index contributed by atoms with van der Waals surface area (Å²) in [5.41, 5.74) is 2.10. The minimum Gasteiger partial charge on any atom is -0.465 e. The Bertz CT molecular complexity index is 1060. The molecule has 2 aromatic carbocycles. The highest BCUT2D eigenvalue weighted by molar-refractivity contribution is 7.99. The molecule has 3 rings (SSSR count). The van der Waals surface area contributed by atoms with E-state index in [-0.39, 0.29) is 11.7 Å². The molecule has 7 nitrogen and oxygen atoms in total. The molecular weight excluding hydrogens is 456 g/mol. The number of methoxy groups -OCH3 is 1. The molecule has 1 N–H and O–H groups in total. The number of carbonyl (C=O) groups excluding carboxylic acids is 2. The summed E-state index contributed by atoms with van der Waals surface area (Å²) in [7, 11) is 3.20. The van der Waals surface area contributed by atoms with Crippen molar-refractivity contribution >= 4 is 52.7 Å². The third-order valence-electron chi connectivity index (χ3n) is 4.24. The van der Waals surface area contributed by atoms with Crippen molar-refractivity contribution in [2.45, 2.75) is 16.7 Å². The van der Waals surface area contributed by atoms with Crippen molar-refractivity contribution in [2.75, 3.05) is 18.2 Å². The number of carbonyl (C=O) groups is 2.